The van der Waals surface area contributed by atoms with Crippen molar-refractivity contribution in [2.75, 3.05) is 18.6 Å². The number of carboxylic acids is 1. The van der Waals surface area contributed by atoms with Crippen molar-refractivity contribution < 1.29 is 39.0 Å². The van der Waals surface area contributed by atoms with E-state index in [2.05, 4.69) is 16.0 Å². The minimum absolute atomic E-state index is 0.114. The maximum atomic E-state index is 12.6. The largest absolute Gasteiger partial charge is 0.480 e. The SMILES string of the molecule is CSCCC(NC(=O)C(CO)NC(=O)C(CCC(N)=O)NC(=O)C(N)CC(N)=O)C(=O)O. The number of amides is 5. The van der Waals surface area contributed by atoms with E-state index in [-0.39, 0.29) is 19.3 Å². The van der Waals surface area contributed by atoms with Gasteiger partial charge in [0.2, 0.25) is 29.5 Å². The van der Waals surface area contributed by atoms with Gasteiger partial charge in [0.05, 0.1) is 19.1 Å². The van der Waals surface area contributed by atoms with E-state index in [1.165, 1.54) is 11.8 Å². The van der Waals surface area contributed by atoms with Crippen LogP contribution >= 0.6 is 11.8 Å². The second-order valence-corrected chi connectivity index (χ2v) is 7.75. The van der Waals surface area contributed by atoms with Gasteiger partial charge in [0, 0.05) is 6.42 Å². The van der Waals surface area contributed by atoms with E-state index < -0.39 is 72.7 Å². The highest BCUT2D eigenvalue weighted by atomic mass is 32.2. The van der Waals surface area contributed by atoms with Crippen LogP contribution in [-0.2, 0) is 28.8 Å². The topological polar surface area (TPSA) is 257 Å². The number of primary amides is 2. The highest BCUT2D eigenvalue weighted by molar-refractivity contribution is 7.98. The van der Waals surface area contributed by atoms with Crippen molar-refractivity contribution in [3.05, 3.63) is 0 Å². The fourth-order valence-corrected chi connectivity index (χ4v) is 2.85. The van der Waals surface area contributed by atoms with E-state index in [0.717, 1.165) is 0 Å². The van der Waals surface area contributed by atoms with Crippen molar-refractivity contribution in [1.29, 1.82) is 0 Å². The molecule has 0 aromatic carbocycles. The molecule has 0 radical (unpaired) electrons. The second kappa shape index (κ2) is 15.0. The number of carboxylic acid groups (broad SMARTS) is 1. The maximum Gasteiger partial charge on any atom is 0.326 e. The molecule has 0 fully saturated rings. The number of hydrogen-bond acceptors (Lipinski definition) is 9. The molecule has 4 atom stereocenters. The van der Waals surface area contributed by atoms with Crippen molar-refractivity contribution in [3.8, 4) is 0 Å². The Morgan fingerprint density at radius 1 is 0.844 bits per heavy atom. The van der Waals surface area contributed by atoms with E-state index in [0.29, 0.717) is 5.75 Å². The van der Waals surface area contributed by atoms with Crippen LogP contribution in [0.3, 0.4) is 0 Å². The molecule has 0 aliphatic carbocycles. The van der Waals surface area contributed by atoms with Gasteiger partial charge in [0.15, 0.2) is 0 Å². The molecule has 182 valence electrons. The number of thioether (sulfide) groups is 1. The van der Waals surface area contributed by atoms with Crippen molar-refractivity contribution >= 4 is 47.3 Å². The average molecular weight is 479 g/mol. The Labute approximate surface area is 188 Å². The molecule has 0 aliphatic heterocycles. The number of nitrogens with one attached hydrogen (secondary N) is 3. The lowest BCUT2D eigenvalue weighted by Gasteiger charge is -2.24. The molecule has 14 nitrogen and oxygen atoms in total. The van der Waals surface area contributed by atoms with Crippen LogP contribution in [0.2, 0.25) is 0 Å². The molecule has 0 rings (SSSR count). The first-order valence-electron chi connectivity index (χ1n) is 9.48. The van der Waals surface area contributed by atoms with Crippen LogP contribution in [0.25, 0.3) is 0 Å². The zero-order valence-corrected chi connectivity index (χ0v) is 18.4. The molecule has 4 unspecified atom stereocenters. The molecule has 0 bridgehead atoms. The summed E-state index contributed by atoms with van der Waals surface area (Å²) in [5, 5.41) is 25.3. The zero-order valence-electron chi connectivity index (χ0n) is 17.5. The van der Waals surface area contributed by atoms with Crippen LogP contribution in [0.15, 0.2) is 0 Å². The van der Waals surface area contributed by atoms with Gasteiger partial charge >= 0.3 is 5.97 Å². The van der Waals surface area contributed by atoms with Gasteiger partial charge in [-0.1, -0.05) is 0 Å². The Morgan fingerprint density at radius 2 is 1.38 bits per heavy atom. The van der Waals surface area contributed by atoms with Gasteiger partial charge in [-0.05, 0) is 24.9 Å². The molecule has 32 heavy (non-hydrogen) atoms. The van der Waals surface area contributed by atoms with Gasteiger partial charge in [0.1, 0.15) is 18.1 Å². The molecule has 15 heteroatoms. The monoisotopic (exact) mass is 478 g/mol. The van der Waals surface area contributed by atoms with Gasteiger partial charge in [-0.2, -0.15) is 11.8 Å². The number of aliphatic hydroxyl groups excluding tert-OH is 1. The number of carbonyl (C=O) groups excluding carboxylic acids is 5. The summed E-state index contributed by atoms with van der Waals surface area (Å²) in [6.45, 7) is -0.871. The molecular weight excluding hydrogens is 448 g/mol. The van der Waals surface area contributed by atoms with Crippen LogP contribution in [0, 0.1) is 0 Å². The summed E-state index contributed by atoms with van der Waals surface area (Å²) in [6, 6.07) is -5.52. The van der Waals surface area contributed by atoms with Gasteiger partial charge in [-0.3, -0.25) is 24.0 Å². The Hall–Kier alpha value is -2.91. The predicted octanol–water partition coefficient (Wildman–Crippen LogP) is -4.26. The lowest BCUT2D eigenvalue weighted by Crippen LogP contribution is -2.58. The summed E-state index contributed by atoms with van der Waals surface area (Å²) in [6.07, 6.45) is 0.803. The molecule has 0 aromatic heterocycles. The molecule has 0 aromatic rings. The first-order valence-corrected chi connectivity index (χ1v) is 10.9. The fraction of sp³-hybridized carbons (Fsp3) is 0.647. The van der Waals surface area contributed by atoms with Gasteiger partial charge in [0.25, 0.3) is 0 Å². The van der Waals surface area contributed by atoms with Crippen LogP contribution < -0.4 is 33.2 Å². The molecule has 5 amide bonds. The summed E-state index contributed by atoms with van der Waals surface area (Å²) < 4.78 is 0. The van der Waals surface area contributed by atoms with Crippen molar-refractivity contribution in [2.45, 2.75) is 49.9 Å². The van der Waals surface area contributed by atoms with E-state index >= 15 is 0 Å². The first-order chi connectivity index (χ1) is 14.9. The summed E-state index contributed by atoms with van der Waals surface area (Å²) >= 11 is 1.37. The summed E-state index contributed by atoms with van der Waals surface area (Å²) in [4.78, 5) is 70.3. The minimum atomic E-state index is -1.54. The van der Waals surface area contributed by atoms with E-state index in [1.807, 2.05) is 0 Å². The van der Waals surface area contributed by atoms with Crippen LogP contribution in [0.1, 0.15) is 25.7 Å². The van der Waals surface area contributed by atoms with Gasteiger partial charge in [-0.15, -0.1) is 0 Å². The molecule has 0 saturated carbocycles. The summed E-state index contributed by atoms with van der Waals surface area (Å²) in [5.74, 6) is -5.30. The summed E-state index contributed by atoms with van der Waals surface area (Å²) in [5.41, 5.74) is 15.6. The number of aliphatic carboxylic acids is 1. The molecular formula is C17H30N6O8S. The van der Waals surface area contributed by atoms with E-state index in [9.17, 15) is 39.0 Å². The van der Waals surface area contributed by atoms with Gasteiger partial charge < -0.3 is 43.4 Å². The van der Waals surface area contributed by atoms with Crippen LogP contribution in [0.5, 0.6) is 0 Å². The normalized spacial score (nSPS) is 14.3. The number of rotatable bonds is 16. The van der Waals surface area contributed by atoms with Crippen LogP contribution in [-0.4, -0.2) is 88.5 Å². The van der Waals surface area contributed by atoms with Gasteiger partial charge in [-0.25, -0.2) is 4.79 Å². The second-order valence-electron chi connectivity index (χ2n) is 6.77. The third-order valence-electron chi connectivity index (χ3n) is 4.11. The predicted molar refractivity (Wildman–Crippen MR) is 114 cm³/mol. The first kappa shape index (κ1) is 29.1. The third kappa shape index (κ3) is 11.5. The zero-order chi connectivity index (χ0) is 24.8. The Morgan fingerprint density at radius 3 is 1.84 bits per heavy atom. The Bertz CT molecular complexity index is 707. The van der Waals surface area contributed by atoms with Crippen molar-refractivity contribution in [1.82, 2.24) is 16.0 Å². The molecule has 0 aliphatic rings. The molecule has 0 heterocycles. The number of aliphatic hydroxyl groups is 1. The number of nitrogens with two attached hydrogens (primary N) is 3. The average Bonchev–Trinajstić information content (AvgIpc) is 2.70. The summed E-state index contributed by atoms with van der Waals surface area (Å²) in [7, 11) is 0. The highest BCUT2D eigenvalue weighted by Gasteiger charge is 2.30. The van der Waals surface area contributed by atoms with E-state index in [4.69, 9.17) is 17.2 Å². The molecule has 0 spiro atoms. The number of carbonyl (C=O) groups is 6. The smallest absolute Gasteiger partial charge is 0.326 e. The third-order valence-corrected chi connectivity index (χ3v) is 4.75. The lowest BCUT2D eigenvalue weighted by molar-refractivity contribution is -0.142. The quantitative estimate of drug-likeness (QED) is 0.106. The maximum absolute atomic E-state index is 12.6. The van der Waals surface area contributed by atoms with Crippen molar-refractivity contribution in [2.24, 2.45) is 17.2 Å². The van der Waals surface area contributed by atoms with Crippen LogP contribution in [0.4, 0.5) is 0 Å². The molecule has 0 saturated heterocycles. The Kier molecular flexibility index (Phi) is 13.6. The Balaban J connectivity index is 5.27. The lowest BCUT2D eigenvalue weighted by atomic mass is 10.1. The van der Waals surface area contributed by atoms with Crippen molar-refractivity contribution in [3.63, 3.8) is 0 Å². The minimum Gasteiger partial charge on any atom is -0.480 e. The standard InChI is InChI=1S/C17H30N6O8S/c1-32-5-4-10(17(30)31)22-16(29)11(7-24)23-15(28)9(2-3-12(19)25)21-14(27)8(18)6-13(20)26/h8-11,24H,2-7,18H2,1H3,(H2,19,25)(H2,20,26)(H,21,27)(H,22,29)(H,23,28)(H,30,31). The molecule has 11 N–H and O–H groups in total. The highest BCUT2D eigenvalue weighted by Crippen LogP contribution is 2.03. The number of hydrogen-bond donors (Lipinski definition) is 8. The fourth-order valence-electron chi connectivity index (χ4n) is 2.38. The van der Waals surface area contributed by atoms with E-state index in [1.54, 1.807) is 6.26 Å².